The molecule has 0 bridgehead atoms. The van der Waals surface area contributed by atoms with Crippen LogP contribution in [0.15, 0.2) is 84.9 Å². The van der Waals surface area contributed by atoms with Crippen LogP contribution in [0.1, 0.15) is 47.2 Å². The molecule has 0 aromatic heterocycles. The van der Waals surface area contributed by atoms with Crippen LogP contribution in [-0.4, -0.2) is 50.4 Å². The summed E-state index contributed by atoms with van der Waals surface area (Å²) in [7, 11) is 2.79. The van der Waals surface area contributed by atoms with E-state index in [0.717, 1.165) is 54.1 Å². The second-order valence-corrected chi connectivity index (χ2v) is 10.5. The predicted octanol–water partition coefficient (Wildman–Crippen LogP) is 7.02. The normalized spacial score (nSPS) is 11.7. The molecule has 0 fully saturated rings. The standard InChI is InChI=1S/C33H38O6S/c1-36-32(34)14-9-23-40-31(25-27-15-18-28(19-16-27)33(35)37-2)20-17-26-10-8-13-30(24-26)39-22-7-6-21-38-29-11-4-3-5-12-29/h3-5,8,10-13,15-20,24,31H,6-7,9,14,21-23,25H2,1-2H3/b20-17+. The molecule has 0 aliphatic heterocycles. The summed E-state index contributed by atoms with van der Waals surface area (Å²) in [6.07, 6.45) is 8.09. The molecule has 0 spiro atoms. The summed E-state index contributed by atoms with van der Waals surface area (Å²) in [6.45, 7) is 1.30. The number of methoxy groups -OCH3 is 2. The molecule has 3 rings (SSSR count). The van der Waals surface area contributed by atoms with Gasteiger partial charge in [0.05, 0.1) is 33.0 Å². The smallest absolute Gasteiger partial charge is 0.337 e. The number of thioether (sulfide) groups is 1. The number of benzene rings is 3. The van der Waals surface area contributed by atoms with Gasteiger partial charge in [0, 0.05) is 11.7 Å². The summed E-state index contributed by atoms with van der Waals surface area (Å²) in [5, 5.41) is 0.191. The van der Waals surface area contributed by atoms with Crippen molar-refractivity contribution >= 4 is 29.8 Å². The van der Waals surface area contributed by atoms with Gasteiger partial charge in [-0.15, -0.1) is 0 Å². The Balaban J connectivity index is 1.52. The first-order valence-electron chi connectivity index (χ1n) is 13.5. The van der Waals surface area contributed by atoms with Gasteiger partial charge in [-0.2, -0.15) is 11.8 Å². The molecule has 0 radical (unpaired) electrons. The number of unbranched alkanes of at least 4 members (excludes halogenated alkanes) is 1. The van der Waals surface area contributed by atoms with Crippen molar-refractivity contribution in [3.8, 4) is 11.5 Å². The number of para-hydroxylation sites is 1. The molecular weight excluding hydrogens is 524 g/mol. The molecule has 3 aromatic rings. The minimum atomic E-state index is -0.345. The van der Waals surface area contributed by atoms with Crippen LogP contribution in [0, 0.1) is 0 Å². The molecule has 0 aliphatic carbocycles. The van der Waals surface area contributed by atoms with Crippen LogP contribution >= 0.6 is 11.8 Å². The van der Waals surface area contributed by atoms with Crippen LogP contribution in [0.2, 0.25) is 0 Å². The maximum absolute atomic E-state index is 11.8. The summed E-state index contributed by atoms with van der Waals surface area (Å²) in [5.74, 6) is 2.03. The van der Waals surface area contributed by atoms with E-state index in [2.05, 4.69) is 18.2 Å². The Morgan fingerprint density at radius 3 is 2.20 bits per heavy atom. The van der Waals surface area contributed by atoms with Gasteiger partial charge in [-0.25, -0.2) is 4.79 Å². The average Bonchev–Trinajstić information content (AvgIpc) is 3.00. The average molecular weight is 563 g/mol. The number of hydrogen-bond donors (Lipinski definition) is 0. The predicted molar refractivity (Wildman–Crippen MR) is 161 cm³/mol. The summed E-state index contributed by atoms with van der Waals surface area (Å²) in [4.78, 5) is 23.2. The van der Waals surface area contributed by atoms with Crippen LogP contribution in [0.3, 0.4) is 0 Å². The van der Waals surface area contributed by atoms with E-state index < -0.39 is 0 Å². The Bertz CT molecular complexity index is 1190. The molecule has 0 amide bonds. The summed E-state index contributed by atoms with van der Waals surface area (Å²) in [5.41, 5.74) is 2.71. The lowest BCUT2D eigenvalue weighted by molar-refractivity contribution is -0.140. The van der Waals surface area contributed by atoms with E-state index in [4.69, 9.17) is 18.9 Å². The fourth-order valence-electron chi connectivity index (χ4n) is 3.89. The van der Waals surface area contributed by atoms with E-state index >= 15 is 0 Å². The summed E-state index contributed by atoms with van der Waals surface area (Å²) in [6, 6.07) is 25.4. The maximum Gasteiger partial charge on any atom is 0.337 e. The Morgan fingerprint density at radius 2 is 1.50 bits per heavy atom. The quantitative estimate of drug-likeness (QED) is 0.129. The lowest BCUT2D eigenvalue weighted by Crippen LogP contribution is -2.07. The van der Waals surface area contributed by atoms with Crippen molar-refractivity contribution in [2.75, 3.05) is 33.2 Å². The van der Waals surface area contributed by atoms with Crippen molar-refractivity contribution in [3.63, 3.8) is 0 Å². The number of carbonyl (C=O) groups is 2. The highest BCUT2D eigenvalue weighted by molar-refractivity contribution is 8.00. The molecule has 1 atom stereocenters. The van der Waals surface area contributed by atoms with Gasteiger partial charge in [-0.1, -0.05) is 54.6 Å². The molecule has 212 valence electrons. The van der Waals surface area contributed by atoms with Crippen molar-refractivity contribution in [3.05, 3.63) is 102 Å². The molecule has 40 heavy (non-hydrogen) atoms. The fourth-order valence-corrected chi connectivity index (χ4v) is 5.00. The van der Waals surface area contributed by atoms with E-state index in [1.807, 2.05) is 60.7 Å². The minimum absolute atomic E-state index is 0.188. The van der Waals surface area contributed by atoms with Gasteiger partial charge in [0.15, 0.2) is 0 Å². The van der Waals surface area contributed by atoms with E-state index in [0.29, 0.717) is 25.2 Å². The zero-order chi connectivity index (χ0) is 28.4. The third kappa shape index (κ3) is 11.6. The summed E-state index contributed by atoms with van der Waals surface area (Å²) < 4.78 is 21.3. The molecule has 0 saturated heterocycles. The van der Waals surface area contributed by atoms with Crippen molar-refractivity contribution < 1.29 is 28.5 Å². The number of esters is 2. The van der Waals surface area contributed by atoms with Crippen molar-refractivity contribution in [1.29, 1.82) is 0 Å². The van der Waals surface area contributed by atoms with Crippen LogP contribution < -0.4 is 9.47 Å². The van der Waals surface area contributed by atoms with Crippen LogP contribution in [0.5, 0.6) is 11.5 Å². The van der Waals surface area contributed by atoms with Gasteiger partial charge in [-0.05, 0) is 79.0 Å². The van der Waals surface area contributed by atoms with Crippen LogP contribution in [-0.2, 0) is 20.7 Å². The molecule has 3 aromatic carbocycles. The van der Waals surface area contributed by atoms with E-state index in [9.17, 15) is 9.59 Å². The van der Waals surface area contributed by atoms with E-state index in [-0.39, 0.29) is 17.2 Å². The topological polar surface area (TPSA) is 71.1 Å². The summed E-state index contributed by atoms with van der Waals surface area (Å²) >= 11 is 1.80. The molecule has 6 nitrogen and oxygen atoms in total. The first kappa shape index (κ1) is 30.8. The number of rotatable bonds is 17. The van der Waals surface area contributed by atoms with Gasteiger partial charge in [-0.3, -0.25) is 4.79 Å². The van der Waals surface area contributed by atoms with E-state index in [1.54, 1.807) is 23.9 Å². The van der Waals surface area contributed by atoms with Crippen molar-refractivity contribution in [1.82, 2.24) is 0 Å². The van der Waals surface area contributed by atoms with Gasteiger partial charge < -0.3 is 18.9 Å². The monoisotopic (exact) mass is 562 g/mol. The molecular formula is C33H38O6S. The Hall–Kier alpha value is -3.71. The third-order valence-corrected chi connectivity index (χ3v) is 7.35. The van der Waals surface area contributed by atoms with Gasteiger partial charge in [0.1, 0.15) is 11.5 Å². The van der Waals surface area contributed by atoms with Gasteiger partial charge in [0.2, 0.25) is 0 Å². The maximum atomic E-state index is 11.8. The highest BCUT2D eigenvalue weighted by Crippen LogP contribution is 2.23. The van der Waals surface area contributed by atoms with Crippen LogP contribution in [0.4, 0.5) is 0 Å². The van der Waals surface area contributed by atoms with Crippen molar-refractivity contribution in [2.45, 2.75) is 37.4 Å². The second-order valence-electron chi connectivity index (χ2n) is 9.13. The highest BCUT2D eigenvalue weighted by Gasteiger charge is 2.10. The zero-order valence-electron chi connectivity index (χ0n) is 23.3. The van der Waals surface area contributed by atoms with Gasteiger partial charge >= 0.3 is 11.9 Å². The SMILES string of the molecule is COC(=O)CCCSC(/C=C/c1cccc(OCCCCOc2ccccc2)c1)Cc1ccc(C(=O)OC)cc1. The number of ether oxygens (including phenoxy) is 4. The molecule has 0 saturated carbocycles. The Labute approximate surface area is 241 Å². The molecule has 0 heterocycles. The minimum Gasteiger partial charge on any atom is -0.494 e. The highest BCUT2D eigenvalue weighted by atomic mass is 32.2. The first-order valence-corrected chi connectivity index (χ1v) is 14.6. The first-order chi connectivity index (χ1) is 19.6. The van der Waals surface area contributed by atoms with Crippen molar-refractivity contribution in [2.24, 2.45) is 0 Å². The zero-order valence-corrected chi connectivity index (χ0v) is 24.1. The van der Waals surface area contributed by atoms with E-state index in [1.165, 1.54) is 14.2 Å². The fraction of sp³-hybridized carbons (Fsp3) is 0.333. The van der Waals surface area contributed by atoms with Gasteiger partial charge in [0.25, 0.3) is 0 Å². The second kappa shape index (κ2) is 17.8. The third-order valence-electron chi connectivity index (χ3n) is 6.08. The number of hydrogen-bond acceptors (Lipinski definition) is 7. The Kier molecular flexibility index (Phi) is 13.7. The molecule has 1 unspecified atom stereocenters. The number of carbonyl (C=O) groups excluding carboxylic acids is 2. The molecule has 7 heteroatoms. The molecule has 0 aliphatic rings. The molecule has 0 N–H and O–H groups in total. The Morgan fingerprint density at radius 1 is 0.800 bits per heavy atom. The largest absolute Gasteiger partial charge is 0.494 e. The lowest BCUT2D eigenvalue weighted by Gasteiger charge is -2.13. The van der Waals surface area contributed by atoms with Crippen LogP contribution in [0.25, 0.3) is 6.08 Å². The lowest BCUT2D eigenvalue weighted by atomic mass is 10.1.